The van der Waals surface area contributed by atoms with Crippen molar-refractivity contribution in [2.24, 2.45) is 5.41 Å². The van der Waals surface area contributed by atoms with E-state index in [1.807, 2.05) is 12.3 Å². The van der Waals surface area contributed by atoms with E-state index in [4.69, 9.17) is 0 Å². The van der Waals surface area contributed by atoms with Crippen molar-refractivity contribution < 1.29 is 0 Å². The van der Waals surface area contributed by atoms with Crippen molar-refractivity contribution in [1.82, 2.24) is 9.97 Å². The number of halogens is 1. The lowest BCUT2D eigenvalue weighted by molar-refractivity contribution is 0.313. The molecule has 128 valence electrons. The second-order valence-corrected chi connectivity index (χ2v) is 8.34. The second-order valence-electron chi connectivity index (χ2n) is 7.53. The normalized spacial score (nSPS) is 15.6. The van der Waals surface area contributed by atoms with Crippen LogP contribution in [0.3, 0.4) is 0 Å². The van der Waals surface area contributed by atoms with Crippen LogP contribution in [-0.4, -0.2) is 9.97 Å². The van der Waals surface area contributed by atoms with Gasteiger partial charge in [0.05, 0.1) is 11.4 Å². The molecule has 0 spiro atoms. The maximum Gasteiger partial charge on any atom is 0.106 e. The molecule has 4 heteroatoms. The van der Waals surface area contributed by atoms with Gasteiger partial charge in [0.15, 0.2) is 0 Å². The number of nitrogens with one attached hydrogen (secondary N) is 2. The lowest BCUT2D eigenvalue weighted by Crippen LogP contribution is -2.22. The Hall–Kier alpha value is -2.07. The number of aromatic nitrogens is 2. The fourth-order valence-electron chi connectivity index (χ4n) is 3.63. The third-order valence-corrected chi connectivity index (χ3v) is 5.39. The Labute approximate surface area is 157 Å². The number of para-hydroxylation sites is 1. The molecular weight excluding hydrogens is 374 g/mol. The molecule has 3 nitrogen and oxygen atoms in total. The van der Waals surface area contributed by atoms with Crippen molar-refractivity contribution >= 4 is 27.3 Å². The van der Waals surface area contributed by atoms with E-state index in [1.54, 1.807) is 0 Å². The fourth-order valence-corrected chi connectivity index (χ4v) is 3.99. The van der Waals surface area contributed by atoms with E-state index in [0.717, 1.165) is 34.4 Å². The maximum absolute atomic E-state index is 4.27. The van der Waals surface area contributed by atoms with E-state index in [1.165, 1.54) is 23.4 Å². The molecule has 3 aromatic rings. The van der Waals surface area contributed by atoms with Gasteiger partial charge >= 0.3 is 0 Å². The van der Waals surface area contributed by atoms with E-state index in [2.05, 4.69) is 81.5 Å². The summed E-state index contributed by atoms with van der Waals surface area (Å²) in [5, 5.41) is 3.66. The van der Waals surface area contributed by atoms with Gasteiger partial charge in [0.25, 0.3) is 0 Å². The van der Waals surface area contributed by atoms with Gasteiger partial charge in [-0.1, -0.05) is 32.0 Å². The Kier molecular flexibility index (Phi) is 4.16. The second kappa shape index (κ2) is 6.34. The molecule has 0 amide bonds. The summed E-state index contributed by atoms with van der Waals surface area (Å²) in [5.41, 5.74) is 7.74. The summed E-state index contributed by atoms with van der Waals surface area (Å²) in [6.45, 7) is 4.70. The highest BCUT2D eigenvalue weighted by Crippen LogP contribution is 2.43. The standard InChI is InChI=1S/C21H22BrN3/c1-21(2)10-8-16-17(13-21)25-19(14-9-11-23-18(22)12-14)20(16)24-15-6-4-3-5-7-15/h3-7,9,11-12,24-25H,8,10,13H2,1-2H3. The molecule has 0 bridgehead atoms. The van der Waals surface area contributed by atoms with Gasteiger partial charge in [0.1, 0.15) is 4.60 Å². The average molecular weight is 396 g/mol. The van der Waals surface area contributed by atoms with Crippen LogP contribution in [0, 0.1) is 5.41 Å². The number of hydrogen-bond donors (Lipinski definition) is 2. The molecule has 0 radical (unpaired) electrons. The van der Waals surface area contributed by atoms with Crippen LogP contribution in [0.4, 0.5) is 11.4 Å². The Morgan fingerprint density at radius 3 is 2.72 bits per heavy atom. The number of nitrogens with zero attached hydrogens (tertiary/aromatic N) is 1. The Morgan fingerprint density at radius 2 is 1.96 bits per heavy atom. The lowest BCUT2D eigenvalue weighted by atomic mass is 9.76. The van der Waals surface area contributed by atoms with Crippen LogP contribution in [0.5, 0.6) is 0 Å². The highest BCUT2D eigenvalue weighted by Gasteiger charge is 2.30. The number of aromatic amines is 1. The molecular formula is C21H22BrN3. The summed E-state index contributed by atoms with van der Waals surface area (Å²) in [5.74, 6) is 0. The van der Waals surface area contributed by atoms with Gasteiger partial charge in [0, 0.05) is 23.1 Å². The maximum atomic E-state index is 4.27. The van der Waals surface area contributed by atoms with Crippen molar-refractivity contribution in [2.75, 3.05) is 5.32 Å². The van der Waals surface area contributed by atoms with Crippen LogP contribution in [0.2, 0.25) is 0 Å². The highest BCUT2D eigenvalue weighted by atomic mass is 79.9. The zero-order chi connectivity index (χ0) is 17.4. The monoisotopic (exact) mass is 395 g/mol. The zero-order valence-electron chi connectivity index (χ0n) is 14.6. The molecule has 0 atom stereocenters. The predicted octanol–water partition coefficient (Wildman–Crippen LogP) is 6.10. The number of fused-ring (bicyclic) bond motifs is 1. The number of anilines is 2. The van der Waals surface area contributed by atoms with Gasteiger partial charge < -0.3 is 10.3 Å². The van der Waals surface area contributed by atoms with E-state index in [9.17, 15) is 0 Å². The third-order valence-electron chi connectivity index (χ3n) is 4.96. The lowest BCUT2D eigenvalue weighted by Gasteiger charge is -2.29. The first-order valence-corrected chi connectivity index (χ1v) is 9.49. The molecule has 2 N–H and O–H groups in total. The molecule has 0 unspecified atom stereocenters. The van der Waals surface area contributed by atoms with Gasteiger partial charge in [0.2, 0.25) is 0 Å². The van der Waals surface area contributed by atoms with Crippen LogP contribution in [-0.2, 0) is 12.8 Å². The van der Waals surface area contributed by atoms with Crippen molar-refractivity contribution in [2.45, 2.75) is 33.1 Å². The predicted molar refractivity (Wildman–Crippen MR) is 107 cm³/mol. The van der Waals surface area contributed by atoms with E-state index < -0.39 is 0 Å². The minimum absolute atomic E-state index is 0.345. The Balaban J connectivity index is 1.83. The van der Waals surface area contributed by atoms with E-state index in [-0.39, 0.29) is 0 Å². The van der Waals surface area contributed by atoms with Crippen LogP contribution in [0.15, 0.2) is 53.3 Å². The SMILES string of the molecule is CC1(C)CCc2c([nH]c(-c3ccnc(Br)c3)c2Nc2ccccc2)C1. The summed E-state index contributed by atoms with van der Waals surface area (Å²) < 4.78 is 0.851. The first-order valence-electron chi connectivity index (χ1n) is 8.70. The molecule has 0 saturated heterocycles. The third kappa shape index (κ3) is 3.36. The van der Waals surface area contributed by atoms with Crippen molar-refractivity contribution in [1.29, 1.82) is 0 Å². The molecule has 0 aliphatic heterocycles. The molecule has 1 aliphatic rings. The number of H-pyrrole nitrogens is 1. The Morgan fingerprint density at radius 1 is 1.16 bits per heavy atom. The first kappa shape index (κ1) is 16.4. The molecule has 4 rings (SSSR count). The number of benzene rings is 1. The fraction of sp³-hybridized carbons (Fsp3) is 0.286. The van der Waals surface area contributed by atoms with E-state index in [0.29, 0.717) is 5.41 Å². The first-order chi connectivity index (χ1) is 12.0. The van der Waals surface area contributed by atoms with Crippen molar-refractivity contribution in [3.05, 3.63) is 64.5 Å². The molecule has 0 saturated carbocycles. The van der Waals surface area contributed by atoms with Crippen LogP contribution in [0.1, 0.15) is 31.5 Å². The Bertz CT molecular complexity index is 897. The number of hydrogen-bond acceptors (Lipinski definition) is 2. The topological polar surface area (TPSA) is 40.7 Å². The largest absolute Gasteiger partial charge is 0.356 e. The highest BCUT2D eigenvalue weighted by molar-refractivity contribution is 9.10. The molecule has 2 heterocycles. The molecule has 0 fully saturated rings. The van der Waals surface area contributed by atoms with Crippen LogP contribution in [0.25, 0.3) is 11.3 Å². The summed E-state index contributed by atoms with van der Waals surface area (Å²) in [7, 11) is 0. The zero-order valence-corrected chi connectivity index (χ0v) is 16.2. The smallest absolute Gasteiger partial charge is 0.106 e. The summed E-state index contributed by atoms with van der Waals surface area (Å²) in [4.78, 5) is 7.98. The van der Waals surface area contributed by atoms with Gasteiger partial charge in [-0.2, -0.15) is 0 Å². The molecule has 1 aliphatic carbocycles. The minimum Gasteiger partial charge on any atom is -0.356 e. The van der Waals surface area contributed by atoms with Crippen molar-refractivity contribution in [3.63, 3.8) is 0 Å². The van der Waals surface area contributed by atoms with Crippen molar-refractivity contribution in [3.8, 4) is 11.3 Å². The van der Waals surface area contributed by atoms with Gasteiger partial charge in [-0.15, -0.1) is 0 Å². The van der Waals surface area contributed by atoms with E-state index >= 15 is 0 Å². The number of rotatable bonds is 3. The molecule has 2 aromatic heterocycles. The summed E-state index contributed by atoms with van der Waals surface area (Å²) >= 11 is 3.50. The van der Waals surface area contributed by atoms with Crippen LogP contribution >= 0.6 is 15.9 Å². The molecule has 1 aromatic carbocycles. The minimum atomic E-state index is 0.345. The van der Waals surface area contributed by atoms with Gasteiger partial charge in [-0.25, -0.2) is 4.98 Å². The summed E-state index contributed by atoms with van der Waals surface area (Å²) in [6.07, 6.45) is 5.23. The van der Waals surface area contributed by atoms with Gasteiger partial charge in [-0.05, 0) is 70.4 Å². The van der Waals surface area contributed by atoms with Gasteiger partial charge in [-0.3, -0.25) is 0 Å². The molecule has 25 heavy (non-hydrogen) atoms. The van der Waals surface area contributed by atoms with Crippen LogP contribution < -0.4 is 5.32 Å². The summed E-state index contributed by atoms with van der Waals surface area (Å²) in [6, 6.07) is 14.5. The quantitative estimate of drug-likeness (QED) is 0.526. The number of pyridine rings is 1. The average Bonchev–Trinajstić information content (AvgIpc) is 2.92.